The van der Waals surface area contributed by atoms with E-state index < -0.39 is 6.61 Å². The Balaban J connectivity index is 2.77. The predicted molar refractivity (Wildman–Crippen MR) is 37.5 cm³/mol. The predicted octanol–water partition coefficient (Wildman–Crippen LogP) is 1.78. The Morgan fingerprint density at radius 1 is 1.73 bits per heavy atom. The van der Waals surface area contributed by atoms with E-state index in [2.05, 4.69) is 25.8 Å². The Labute approximate surface area is 70.1 Å². The maximum Gasteiger partial charge on any atom is 0.388 e. The van der Waals surface area contributed by atoms with Gasteiger partial charge in [-0.1, -0.05) is 0 Å². The minimum absolute atomic E-state index is 0.0949. The van der Waals surface area contributed by atoms with Crippen LogP contribution in [0.2, 0.25) is 0 Å². The number of hydrogen-bond donors (Lipinski definition) is 0. The molecular formula is C5H5BrF2N2O. The van der Waals surface area contributed by atoms with Crippen molar-refractivity contribution in [1.82, 2.24) is 9.78 Å². The molecule has 0 radical (unpaired) electrons. The van der Waals surface area contributed by atoms with Crippen molar-refractivity contribution in [3.8, 4) is 5.88 Å². The van der Waals surface area contributed by atoms with Crippen LogP contribution in [0.4, 0.5) is 8.78 Å². The molecule has 1 aromatic heterocycles. The van der Waals surface area contributed by atoms with Crippen molar-refractivity contribution >= 4 is 15.9 Å². The summed E-state index contributed by atoms with van der Waals surface area (Å²) in [5, 5.41) is 3.62. The third-order valence-corrected chi connectivity index (χ3v) is 1.50. The van der Waals surface area contributed by atoms with Crippen molar-refractivity contribution in [3.63, 3.8) is 0 Å². The van der Waals surface area contributed by atoms with Gasteiger partial charge in [0, 0.05) is 13.2 Å². The summed E-state index contributed by atoms with van der Waals surface area (Å²) in [5.74, 6) is -0.0949. The van der Waals surface area contributed by atoms with Crippen molar-refractivity contribution in [3.05, 3.63) is 10.7 Å². The number of halogens is 3. The zero-order valence-corrected chi connectivity index (χ0v) is 7.18. The van der Waals surface area contributed by atoms with Crippen LogP contribution in [0.3, 0.4) is 0 Å². The van der Waals surface area contributed by atoms with Gasteiger partial charge in [0.15, 0.2) is 0 Å². The smallest absolute Gasteiger partial charge is 0.388 e. The maximum atomic E-state index is 11.6. The van der Waals surface area contributed by atoms with Crippen molar-refractivity contribution in [2.45, 2.75) is 6.61 Å². The van der Waals surface area contributed by atoms with Crippen molar-refractivity contribution in [1.29, 1.82) is 0 Å². The Bertz CT molecular complexity index is 251. The lowest BCUT2D eigenvalue weighted by Gasteiger charge is -1.98. The molecule has 0 unspecified atom stereocenters. The molecule has 1 aromatic rings. The van der Waals surface area contributed by atoms with Crippen LogP contribution in [0.5, 0.6) is 5.88 Å². The third-order valence-electron chi connectivity index (χ3n) is 0.954. The SMILES string of the molecule is Cn1cc(Br)c(OC(F)F)n1. The topological polar surface area (TPSA) is 27.1 Å². The standard InChI is InChI=1S/C5H5BrF2N2O/c1-10-2-3(6)4(9-10)11-5(7)8/h2,5H,1H3. The molecule has 0 saturated heterocycles. The first-order valence-electron chi connectivity index (χ1n) is 2.73. The zero-order chi connectivity index (χ0) is 8.43. The molecule has 0 saturated carbocycles. The average Bonchev–Trinajstić information content (AvgIpc) is 2.09. The molecule has 11 heavy (non-hydrogen) atoms. The fourth-order valence-corrected chi connectivity index (χ4v) is 1.07. The minimum atomic E-state index is -2.83. The molecule has 0 spiro atoms. The molecule has 6 heteroatoms. The lowest BCUT2D eigenvalue weighted by Crippen LogP contribution is -2.03. The summed E-state index contributed by atoms with van der Waals surface area (Å²) in [5.41, 5.74) is 0. The summed E-state index contributed by atoms with van der Waals surface area (Å²) in [6, 6.07) is 0. The third kappa shape index (κ3) is 2.14. The monoisotopic (exact) mass is 226 g/mol. The normalized spacial score (nSPS) is 10.6. The lowest BCUT2D eigenvalue weighted by atomic mass is 10.7. The largest absolute Gasteiger partial charge is 0.414 e. The fourth-order valence-electron chi connectivity index (χ4n) is 0.603. The van der Waals surface area contributed by atoms with Gasteiger partial charge in [-0.2, -0.15) is 8.78 Å². The molecule has 0 N–H and O–H groups in total. The number of alkyl halides is 2. The van der Waals surface area contributed by atoms with Crippen LogP contribution in [0.25, 0.3) is 0 Å². The summed E-state index contributed by atoms with van der Waals surface area (Å²) < 4.78 is 29.1. The first-order chi connectivity index (χ1) is 5.09. The lowest BCUT2D eigenvalue weighted by molar-refractivity contribution is -0.0536. The highest BCUT2D eigenvalue weighted by Gasteiger charge is 2.10. The summed E-state index contributed by atoms with van der Waals surface area (Å²) in [6.45, 7) is -2.83. The molecule has 3 nitrogen and oxygen atoms in total. The second-order valence-corrected chi connectivity index (χ2v) is 2.69. The molecule has 0 atom stereocenters. The van der Waals surface area contributed by atoms with E-state index in [0.29, 0.717) is 4.47 Å². The number of aromatic nitrogens is 2. The average molecular weight is 227 g/mol. The molecule has 0 fully saturated rings. The molecule has 0 aliphatic heterocycles. The molecule has 0 aliphatic rings. The molecular weight excluding hydrogens is 222 g/mol. The summed E-state index contributed by atoms with van der Waals surface area (Å²) in [4.78, 5) is 0. The van der Waals surface area contributed by atoms with Crippen LogP contribution in [0.1, 0.15) is 0 Å². The van der Waals surface area contributed by atoms with Crippen LogP contribution in [0, 0.1) is 0 Å². The first kappa shape index (κ1) is 8.45. The number of rotatable bonds is 2. The van der Waals surface area contributed by atoms with Gasteiger partial charge in [0.2, 0.25) is 0 Å². The maximum absolute atomic E-state index is 11.6. The van der Waals surface area contributed by atoms with Gasteiger partial charge in [0.1, 0.15) is 0 Å². The molecule has 0 bridgehead atoms. The van der Waals surface area contributed by atoms with E-state index in [1.807, 2.05) is 0 Å². The van der Waals surface area contributed by atoms with Crippen molar-refractivity contribution in [2.75, 3.05) is 0 Å². The second-order valence-electron chi connectivity index (χ2n) is 1.83. The van der Waals surface area contributed by atoms with E-state index >= 15 is 0 Å². The van der Waals surface area contributed by atoms with Gasteiger partial charge < -0.3 is 4.74 Å². The molecule has 62 valence electrons. The molecule has 0 aliphatic carbocycles. The molecule has 1 heterocycles. The van der Waals surface area contributed by atoms with E-state index in [1.54, 1.807) is 7.05 Å². The van der Waals surface area contributed by atoms with Gasteiger partial charge >= 0.3 is 6.61 Å². The van der Waals surface area contributed by atoms with Gasteiger partial charge in [0.25, 0.3) is 5.88 Å². The molecule has 1 rings (SSSR count). The van der Waals surface area contributed by atoms with E-state index in [1.165, 1.54) is 10.9 Å². The quantitative estimate of drug-likeness (QED) is 0.769. The van der Waals surface area contributed by atoms with Crippen molar-refractivity contribution in [2.24, 2.45) is 7.05 Å². The summed E-state index contributed by atoms with van der Waals surface area (Å²) in [7, 11) is 1.61. The van der Waals surface area contributed by atoms with Crippen LogP contribution in [0.15, 0.2) is 10.7 Å². The molecule has 0 amide bonds. The number of hydrogen-bond acceptors (Lipinski definition) is 2. The number of nitrogens with zero attached hydrogens (tertiary/aromatic N) is 2. The Hall–Kier alpha value is -0.650. The van der Waals surface area contributed by atoms with Gasteiger partial charge in [-0.15, -0.1) is 5.10 Å². The molecule has 0 aromatic carbocycles. The van der Waals surface area contributed by atoms with Gasteiger partial charge in [0.05, 0.1) is 4.47 Å². The highest BCUT2D eigenvalue weighted by Crippen LogP contribution is 2.23. The van der Waals surface area contributed by atoms with E-state index in [9.17, 15) is 8.78 Å². The fraction of sp³-hybridized carbons (Fsp3) is 0.400. The van der Waals surface area contributed by atoms with Crippen LogP contribution in [-0.4, -0.2) is 16.4 Å². The van der Waals surface area contributed by atoms with Crippen LogP contribution >= 0.6 is 15.9 Å². The Kier molecular flexibility index (Phi) is 2.43. The Morgan fingerprint density at radius 2 is 2.36 bits per heavy atom. The van der Waals surface area contributed by atoms with Crippen molar-refractivity contribution < 1.29 is 13.5 Å². The van der Waals surface area contributed by atoms with Crippen LogP contribution < -0.4 is 4.74 Å². The Morgan fingerprint density at radius 3 is 2.73 bits per heavy atom. The van der Waals surface area contributed by atoms with E-state index in [0.717, 1.165) is 0 Å². The highest BCUT2D eigenvalue weighted by molar-refractivity contribution is 9.10. The number of ether oxygens (including phenoxy) is 1. The summed E-state index contributed by atoms with van der Waals surface area (Å²) >= 11 is 3.00. The summed E-state index contributed by atoms with van der Waals surface area (Å²) in [6.07, 6.45) is 1.53. The second kappa shape index (κ2) is 3.17. The van der Waals surface area contributed by atoms with Gasteiger partial charge in [-0.05, 0) is 15.9 Å². The number of aryl methyl sites for hydroxylation is 1. The first-order valence-corrected chi connectivity index (χ1v) is 3.53. The van der Waals surface area contributed by atoms with Gasteiger partial charge in [-0.3, -0.25) is 4.68 Å². The zero-order valence-electron chi connectivity index (χ0n) is 5.59. The van der Waals surface area contributed by atoms with E-state index in [4.69, 9.17) is 0 Å². The minimum Gasteiger partial charge on any atom is -0.414 e. The van der Waals surface area contributed by atoms with E-state index in [-0.39, 0.29) is 5.88 Å². The van der Waals surface area contributed by atoms with Gasteiger partial charge in [-0.25, -0.2) is 0 Å². The highest BCUT2D eigenvalue weighted by atomic mass is 79.9. The van der Waals surface area contributed by atoms with Crippen LogP contribution in [-0.2, 0) is 7.05 Å².